The molecule has 0 amide bonds. The van der Waals surface area contributed by atoms with Gasteiger partial charge in [0.1, 0.15) is 25.4 Å². The Morgan fingerprint density at radius 1 is 0.746 bits per heavy atom. The number of alkyl halides is 8. The van der Waals surface area contributed by atoms with E-state index in [1.165, 1.54) is 15.4 Å². The number of allylic oxidation sites excluding steroid dienone is 1. The van der Waals surface area contributed by atoms with Gasteiger partial charge in [-0.3, -0.25) is 27.6 Å². The fourth-order valence-corrected chi connectivity index (χ4v) is 12.5. The van der Waals surface area contributed by atoms with Crippen molar-refractivity contribution in [3.05, 3.63) is 12.7 Å². The first-order valence-corrected chi connectivity index (χ1v) is 28.0. The van der Waals surface area contributed by atoms with Gasteiger partial charge in [-0.1, -0.05) is 14.0 Å². The zero-order valence-corrected chi connectivity index (χ0v) is 41.5. The maximum absolute atomic E-state index is 12.2. The van der Waals surface area contributed by atoms with E-state index in [-0.39, 0.29) is 57.2 Å². The molecule has 0 aliphatic carbocycles. The smallest absolute Gasteiger partial charge is 0.345 e. The third-order valence-corrected chi connectivity index (χ3v) is 15.5. The average Bonchev–Trinajstić information content (AvgIpc) is 3.17. The van der Waals surface area contributed by atoms with E-state index in [0.717, 1.165) is 13.0 Å². The number of aliphatic hydroxyl groups is 1. The van der Waals surface area contributed by atoms with Gasteiger partial charge in [0, 0.05) is 112 Å². The minimum atomic E-state index is -3.64. The molecule has 59 heavy (non-hydrogen) atoms. The van der Waals surface area contributed by atoms with Gasteiger partial charge in [-0.15, -0.1) is 92.8 Å². The van der Waals surface area contributed by atoms with E-state index in [2.05, 4.69) is 16.8 Å². The standard InChI is InChI=1S/C7H15Cl2N2O3P.C7H15Cl2N2O2P.C6H13Cl2N2O3P.C4H11Cl2N2O2P.C3H4O.CH4/c8-2-4-11(5-3-9)15(13)10-7(12)1-6-14-15;8-2-5-11(6-3-9)14(12)10-4-1-7-13-14;7-1-3-10(4-2-8)14(9,12)13-6-5-11;5-1-3-8(4-2-6)11(7,9)10;1-2-3-4;/h7,12H,1-6H2,(H,10,13);1-7H2,(H,10,12);5H,1-4,6H2,(H2,9,12);1-4H2,(H3,7,9,10);2-3H,1H2;1H4. The lowest BCUT2D eigenvalue weighted by Gasteiger charge is -2.35. The van der Waals surface area contributed by atoms with E-state index < -0.39 is 36.9 Å². The van der Waals surface area contributed by atoms with Crippen LogP contribution in [0.4, 0.5) is 0 Å². The lowest BCUT2D eigenvalue weighted by Crippen LogP contribution is -2.41. The molecule has 19 nitrogen and oxygen atoms in total. The molecule has 2 aliphatic heterocycles. The van der Waals surface area contributed by atoms with Gasteiger partial charge >= 0.3 is 30.7 Å². The van der Waals surface area contributed by atoms with Gasteiger partial charge in [0.2, 0.25) is 0 Å². The largest absolute Gasteiger partial charge is 0.378 e. The number of aldehydes is 2. The third kappa shape index (κ3) is 33.0. The minimum absolute atomic E-state index is 0. The van der Waals surface area contributed by atoms with Crippen LogP contribution in [0.1, 0.15) is 20.3 Å². The summed E-state index contributed by atoms with van der Waals surface area (Å²) in [5.41, 5.74) is 10.4. The van der Waals surface area contributed by atoms with Gasteiger partial charge in [0.05, 0.1) is 13.2 Å². The molecule has 0 spiro atoms. The number of nitrogens with one attached hydrogen (secondary N) is 2. The predicted octanol–water partition coefficient (Wildman–Crippen LogP) is 5.97. The van der Waals surface area contributed by atoms with Crippen molar-refractivity contribution in [1.29, 1.82) is 0 Å². The van der Waals surface area contributed by atoms with Crippen molar-refractivity contribution in [3.8, 4) is 0 Å². The first-order valence-electron chi connectivity index (χ1n) is 17.2. The van der Waals surface area contributed by atoms with E-state index in [9.17, 15) is 28.2 Å². The van der Waals surface area contributed by atoms with Gasteiger partial charge in [0.15, 0.2) is 0 Å². The lowest BCUT2D eigenvalue weighted by atomic mass is 10.4. The molecule has 2 rings (SSSR count). The highest BCUT2D eigenvalue weighted by molar-refractivity contribution is 7.55. The second-order valence-corrected chi connectivity index (χ2v) is 21.7. The van der Waals surface area contributed by atoms with Crippen LogP contribution < -0.4 is 21.2 Å². The summed E-state index contributed by atoms with van der Waals surface area (Å²) in [6.45, 7) is 7.37. The third-order valence-electron chi connectivity index (χ3n) is 6.58. The molecule has 2 heterocycles. The lowest BCUT2D eigenvalue weighted by molar-refractivity contribution is -0.109. The van der Waals surface area contributed by atoms with Crippen LogP contribution in [0.2, 0.25) is 0 Å². The number of rotatable bonds is 24. The Bertz CT molecular complexity index is 1230. The Balaban J connectivity index is -0.000000331. The van der Waals surface area contributed by atoms with Crippen molar-refractivity contribution in [3.63, 3.8) is 0 Å². The molecule has 0 bridgehead atoms. The van der Waals surface area contributed by atoms with Crippen molar-refractivity contribution in [2.45, 2.75) is 26.5 Å². The van der Waals surface area contributed by atoms with Crippen molar-refractivity contribution >= 4 is 136 Å². The Morgan fingerprint density at radius 3 is 1.46 bits per heavy atom. The fourth-order valence-electron chi connectivity index (χ4n) is 3.99. The van der Waals surface area contributed by atoms with Gasteiger partial charge in [0.25, 0.3) is 0 Å². The maximum Gasteiger partial charge on any atom is 0.345 e. The highest BCUT2D eigenvalue weighted by Crippen LogP contribution is 2.49. The summed E-state index contributed by atoms with van der Waals surface area (Å²) in [6.07, 6.45) is 2.84. The number of carbonyl (C=O) groups is 2. The van der Waals surface area contributed by atoms with Crippen LogP contribution in [0.25, 0.3) is 0 Å². The van der Waals surface area contributed by atoms with Crippen LogP contribution >= 0.6 is 123 Å². The number of halogens is 8. The summed E-state index contributed by atoms with van der Waals surface area (Å²) in [5.74, 6) is 2.57. The van der Waals surface area contributed by atoms with Crippen LogP contribution in [0.5, 0.6) is 0 Å². The van der Waals surface area contributed by atoms with E-state index in [0.29, 0.717) is 88.4 Å². The highest BCUT2D eigenvalue weighted by atomic mass is 35.5. The molecule has 356 valence electrons. The Morgan fingerprint density at radius 2 is 1.14 bits per heavy atom. The predicted molar refractivity (Wildman–Crippen MR) is 246 cm³/mol. The van der Waals surface area contributed by atoms with E-state index >= 15 is 0 Å². The van der Waals surface area contributed by atoms with E-state index in [1.54, 1.807) is 9.34 Å². The Labute approximate surface area is 389 Å². The van der Waals surface area contributed by atoms with Crippen LogP contribution in [0, 0.1) is 0 Å². The molecule has 31 heteroatoms. The van der Waals surface area contributed by atoms with Gasteiger partial charge < -0.3 is 23.8 Å². The monoisotopic (exact) mass is 1090 g/mol. The second kappa shape index (κ2) is 41.2. The van der Waals surface area contributed by atoms with Crippen LogP contribution in [-0.4, -0.2) is 173 Å². The molecule has 8 N–H and O–H groups in total. The Hall–Kier alpha value is 1.80. The van der Waals surface area contributed by atoms with E-state index in [4.69, 9.17) is 127 Å². The SMILES string of the molecule is C.C=CC=O.NP(=O)(O)N(CCCl)CCCl.NP(=O)(OCC=O)N(CCCl)CCCl.O=P1(N(CCCl)CCCl)NC(O)CCO1.O=P1(N(CCCl)CCCl)NCCCO1. The summed E-state index contributed by atoms with van der Waals surface area (Å²) in [6, 6.07) is 0. The fraction of sp³-hybridized carbons (Fsp3) is 0.857. The zero-order chi connectivity index (χ0) is 45.1. The molecule has 0 saturated carbocycles. The number of carbonyl (C=O) groups excluding carboxylic acids is 2. The molecule has 5 unspecified atom stereocenters. The molecule has 2 fully saturated rings. The van der Waals surface area contributed by atoms with Gasteiger partial charge in [-0.2, -0.15) is 0 Å². The molecule has 0 aromatic carbocycles. The Kier molecular flexibility index (Phi) is 47.1. The molecule has 2 aliphatic rings. The molecular weight excluding hydrogens is 1030 g/mol. The van der Waals surface area contributed by atoms with Crippen molar-refractivity contribution in [2.24, 2.45) is 11.0 Å². The first kappa shape index (κ1) is 67.4. The molecule has 2 saturated heterocycles. The highest BCUT2D eigenvalue weighted by Gasteiger charge is 2.36. The summed E-state index contributed by atoms with van der Waals surface area (Å²) in [4.78, 5) is 28.0. The number of nitrogens with zero attached hydrogens (tertiary/aromatic N) is 4. The first-order chi connectivity index (χ1) is 27.4. The zero-order valence-electron chi connectivity index (χ0n) is 31.9. The van der Waals surface area contributed by atoms with Crippen LogP contribution in [0.15, 0.2) is 12.7 Å². The maximum atomic E-state index is 12.2. The van der Waals surface area contributed by atoms with E-state index in [1.807, 2.05) is 0 Å². The normalized spacial score (nSPS) is 22.0. The van der Waals surface area contributed by atoms with Crippen LogP contribution in [-0.2, 0) is 41.4 Å². The topological polar surface area (TPSA) is 260 Å². The summed E-state index contributed by atoms with van der Waals surface area (Å²) in [5, 5.41) is 14.8. The summed E-state index contributed by atoms with van der Waals surface area (Å²) in [7, 11) is -13.1. The summed E-state index contributed by atoms with van der Waals surface area (Å²) < 4.78 is 67.9. The minimum Gasteiger partial charge on any atom is -0.378 e. The molecule has 0 aromatic heterocycles. The average molecular weight is 1090 g/mol. The second-order valence-electron chi connectivity index (χ2n) is 10.7. The van der Waals surface area contributed by atoms with Crippen molar-refractivity contribution < 1.29 is 51.4 Å². The molecule has 0 aromatic rings. The van der Waals surface area contributed by atoms with Crippen LogP contribution in [0.3, 0.4) is 0 Å². The van der Waals surface area contributed by atoms with Gasteiger partial charge in [-0.25, -0.2) is 39.9 Å². The number of hydrogen-bond donors (Lipinski definition) is 6. The summed E-state index contributed by atoms with van der Waals surface area (Å²) >= 11 is 44.1. The van der Waals surface area contributed by atoms with Gasteiger partial charge in [-0.05, 0) is 12.5 Å². The number of hydrogen-bond acceptors (Lipinski definition) is 10. The quantitative estimate of drug-likeness (QED) is 0.0282. The molecule has 5 atom stereocenters. The number of aliphatic hydroxyl groups excluding tert-OH is 1. The van der Waals surface area contributed by atoms with Crippen molar-refractivity contribution in [1.82, 2.24) is 28.9 Å². The molecular formula is C28H62Cl8N8O11P4. The van der Waals surface area contributed by atoms with Crippen molar-refractivity contribution in [2.75, 3.05) is 126 Å². The number of nitrogens with two attached hydrogens (primary N) is 2. The molecule has 0 radical (unpaired) electrons.